The first kappa shape index (κ1) is 17.1. The van der Waals surface area contributed by atoms with Gasteiger partial charge in [-0.3, -0.25) is 4.79 Å². The first-order chi connectivity index (χ1) is 9.56. The average Bonchev–Trinajstić information content (AvgIpc) is 2.45. The molecule has 0 radical (unpaired) electrons. The lowest BCUT2D eigenvalue weighted by molar-refractivity contribution is -0.143. The van der Waals surface area contributed by atoms with Crippen molar-refractivity contribution in [2.24, 2.45) is 5.73 Å². The van der Waals surface area contributed by atoms with Crippen molar-refractivity contribution in [1.82, 2.24) is 4.90 Å². The molecule has 2 atom stereocenters. The van der Waals surface area contributed by atoms with Crippen molar-refractivity contribution < 1.29 is 9.53 Å². The predicted octanol–water partition coefficient (Wildman–Crippen LogP) is 2.72. The molecule has 0 bridgehead atoms. The monoisotopic (exact) mass is 342 g/mol. The number of rotatable bonds is 7. The normalized spacial score (nSPS) is 13.8. The molecular weight excluding hydrogens is 320 g/mol. The molecule has 5 heteroatoms. The second-order valence-electron chi connectivity index (χ2n) is 4.69. The van der Waals surface area contributed by atoms with Crippen LogP contribution in [0.4, 0.5) is 0 Å². The SMILES string of the molecule is CCCN(C(=O)C(CN)OC)C(C)c1ccccc1Br. The van der Waals surface area contributed by atoms with E-state index in [1.165, 1.54) is 7.11 Å². The highest BCUT2D eigenvalue weighted by molar-refractivity contribution is 9.10. The van der Waals surface area contributed by atoms with E-state index in [0.29, 0.717) is 6.54 Å². The lowest BCUT2D eigenvalue weighted by Gasteiger charge is -2.32. The Bertz CT molecular complexity index is 436. The molecule has 1 aromatic carbocycles. The fourth-order valence-corrected chi connectivity index (χ4v) is 2.82. The van der Waals surface area contributed by atoms with Gasteiger partial charge in [-0.2, -0.15) is 0 Å². The number of amides is 1. The molecule has 0 aliphatic rings. The van der Waals surface area contributed by atoms with Crippen LogP contribution in [-0.4, -0.2) is 37.1 Å². The smallest absolute Gasteiger partial charge is 0.253 e. The van der Waals surface area contributed by atoms with Gasteiger partial charge < -0.3 is 15.4 Å². The Morgan fingerprint density at radius 3 is 2.60 bits per heavy atom. The van der Waals surface area contributed by atoms with Gasteiger partial charge in [0.1, 0.15) is 6.10 Å². The lowest BCUT2D eigenvalue weighted by Crippen LogP contribution is -2.45. The number of ether oxygens (including phenoxy) is 1. The summed E-state index contributed by atoms with van der Waals surface area (Å²) >= 11 is 3.54. The van der Waals surface area contributed by atoms with Crippen LogP contribution in [0.1, 0.15) is 31.9 Å². The number of nitrogens with zero attached hydrogens (tertiary/aromatic N) is 1. The van der Waals surface area contributed by atoms with Crippen LogP contribution >= 0.6 is 15.9 Å². The van der Waals surface area contributed by atoms with Crippen LogP contribution in [0.15, 0.2) is 28.7 Å². The van der Waals surface area contributed by atoms with Gasteiger partial charge in [-0.1, -0.05) is 41.1 Å². The predicted molar refractivity (Wildman–Crippen MR) is 84.4 cm³/mol. The molecule has 2 N–H and O–H groups in total. The Hall–Kier alpha value is -0.910. The molecule has 0 saturated carbocycles. The minimum atomic E-state index is -0.577. The maximum atomic E-state index is 12.5. The lowest BCUT2D eigenvalue weighted by atomic mass is 10.1. The molecule has 0 aliphatic carbocycles. The van der Waals surface area contributed by atoms with Gasteiger partial charge in [0, 0.05) is 24.7 Å². The summed E-state index contributed by atoms with van der Waals surface area (Å²) in [5, 5.41) is 0. The molecule has 2 unspecified atom stereocenters. The average molecular weight is 343 g/mol. The summed E-state index contributed by atoms with van der Waals surface area (Å²) in [4.78, 5) is 14.4. The van der Waals surface area contributed by atoms with Gasteiger partial charge in [0.05, 0.1) is 6.04 Å². The summed E-state index contributed by atoms with van der Waals surface area (Å²) in [7, 11) is 1.52. The zero-order chi connectivity index (χ0) is 15.1. The van der Waals surface area contributed by atoms with Gasteiger partial charge in [-0.05, 0) is 25.0 Å². The second-order valence-corrected chi connectivity index (χ2v) is 5.54. The second kappa shape index (κ2) is 8.39. The standard InChI is InChI=1S/C15H23BrN2O2/c1-4-9-18(15(19)14(10-17)20-3)11(2)12-7-5-6-8-13(12)16/h5-8,11,14H,4,9-10,17H2,1-3H3. The molecule has 1 rings (SSSR count). The first-order valence-electron chi connectivity index (χ1n) is 6.84. The van der Waals surface area contributed by atoms with E-state index in [1.807, 2.05) is 36.1 Å². The van der Waals surface area contributed by atoms with Gasteiger partial charge in [0.15, 0.2) is 0 Å². The van der Waals surface area contributed by atoms with Gasteiger partial charge in [0.25, 0.3) is 5.91 Å². The molecule has 0 spiro atoms. The molecule has 112 valence electrons. The number of halogens is 1. The van der Waals surface area contributed by atoms with E-state index in [0.717, 1.165) is 16.5 Å². The molecule has 1 aromatic rings. The number of methoxy groups -OCH3 is 1. The molecule has 0 aromatic heterocycles. The maximum absolute atomic E-state index is 12.5. The number of hydrogen-bond acceptors (Lipinski definition) is 3. The van der Waals surface area contributed by atoms with Crippen LogP contribution in [0.5, 0.6) is 0 Å². The van der Waals surface area contributed by atoms with Crippen molar-refractivity contribution in [3.63, 3.8) is 0 Å². The third kappa shape index (κ3) is 4.04. The van der Waals surface area contributed by atoms with Gasteiger partial charge >= 0.3 is 0 Å². The van der Waals surface area contributed by atoms with Crippen molar-refractivity contribution in [2.45, 2.75) is 32.4 Å². The van der Waals surface area contributed by atoms with Crippen LogP contribution in [0.3, 0.4) is 0 Å². The van der Waals surface area contributed by atoms with Crippen molar-refractivity contribution in [2.75, 3.05) is 20.2 Å². The summed E-state index contributed by atoms with van der Waals surface area (Å²) in [5.74, 6) is -0.0555. The van der Waals surface area contributed by atoms with Crippen molar-refractivity contribution in [3.05, 3.63) is 34.3 Å². The molecule has 0 saturated heterocycles. The van der Waals surface area contributed by atoms with Crippen LogP contribution < -0.4 is 5.73 Å². The third-order valence-corrected chi connectivity index (χ3v) is 4.07. The van der Waals surface area contributed by atoms with E-state index in [9.17, 15) is 4.79 Å². The van der Waals surface area contributed by atoms with Gasteiger partial charge in [-0.25, -0.2) is 0 Å². The van der Waals surface area contributed by atoms with E-state index in [1.54, 1.807) is 0 Å². The first-order valence-corrected chi connectivity index (χ1v) is 7.63. The summed E-state index contributed by atoms with van der Waals surface area (Å²) in [5.41, 5.74) is 6.69. The topological polar surface area (TPSA) is 55.6 Å². The molecule has 20 heavy (non-hydrogen) atoms. The van der Waals surface area contributed by atoms with Crippen LogP contribution in [0.25, 0.3) is 0 Å². The van der Waals surface area contributed by atoms with E-state index in [-0.39, 0.29) is 18.5 Å². The maximum Gasteiger partial charge on any atom is 0.253 e. The Morgan fingerprint density at radius 1 is 1.45 bits per heavy atom. The Morgan fingerprint density at radius 2 is 2.10 bits per heavy atom. The highest BCUT2D eigenvalue weighted by atomic mass is 79.9. The summed E-state index contributed by atoms with van der Waals surface area (Å²) in [6.07, 6.45) is 0.313. The fraction of sp³-hybridized carbons (Fsp3) is 0.533. The highest BCUT2D eigenvalue weighted by Gasteiger charge is 2.27. The molecule has 0 heterocycles. The largest absolute Gasteiger partial charge is 0.370 e. The Labute approximate surface area is 129 Å². The van der Waals surface area contributed by atoms with E-state index >= 15 is 0 Å². The van der Waals surface area contributed by atoms with Crippen LogP contribution in [0.2, 0.25) is 0 Å². The molecule has 0 aliphatic heterocycles. The molecule has 1 amide bonds. The molecular formula is C15H23BrN2O2. The minimum Gasteiger partial charge on any atom is -0.370 e. The number of nitrogens with two attached hydrogens (primary N) is 1. The Balaban J connectivity index is 3.01. The van der Waals surface area contributed by atoms with Gasteiger partial charge in [-0.15, -0.1) is 0 Å². The van der Waals surface area contributed by atoms with E-state index in [4.69, 9.17) is 10.5 Å². The zero-order valence-corrected chi connectivity index (χ0v) is 13.9. The van der Waals surface area contributed by atoms with Gasteiger partial charge in [0.2, 0.25) is 0 Å². The van der Waals surface area contributed by atoms with E-state index < -0.39 is 6.10 Å². The Kier molecular flexibility index (Phi) is 7.19. The molecule has 4 nitrogen and oxygen atoms in total. The minimum absolute atomic E-state index is 0.0257. The number of carbonyl (C=O) groups excluding carboxylic acids is 1. The summed E-state index contributed by atoms with van der Waals surface area (Å²) in [6, 6.07) is 7.92. The van der Waals surface area contributed by atoms with E-state index in [2.05, 4.69) is 22.9 Å². The zero-order valence-electron chi connectivity index (χ0n) is 12.3. The van der Waals surface area contributed by atoms with Crippen molar-refractivity contribution >= 4 is 21.8 Å². The molecule has 0 fully saturated rings. The summed E-state index contributed by atoms with van der Waals surface area (Å²) in [6.45, 7) is 4.95. The number of carbonyl (C=O) groups is 1. The number of hydrogen-bond donors (Lipinski definition) is 1. The van der Waals surface area contributed by atoms with Crippen LogP contribution in [-0.2, 0) is 9.53 Å². The third-order valence-electron chi connectivity index (χ3n) is 3.34. The fourth-order valence-electron chi connectivity index (χ4n) is 2.20. The van der Waals surface area contributed by atoms with Crippen molar-refractivity contribution in [3.8, 4) is 0 Å². The number of benzene rings is 1. The highest BCUT2D eigenvalue weighted by Crippen LogP contribution is 2.28. The van der Waals surface area contributed by atoms with Crippen LogP contribution in [0, 0.1) is 0 Å². The summed E-state index contributed by atoms with van der Waals surface area (Å²) < 4.78 is 6.18. The van der Waals surface area contributed by atoms with Crippen molar-refractivity contribution in [1.29, 1.82) is 0 Å². The quantitative estimate of drug-likeness (QED) is 0.828.